The molecule has 13 heteroatoms. The minimum atomic E-state index is -4.47. The van der Waals surface area contributed by atoms with Gasteiger partial charge >= 0.3 is 12.1 Å². The summed E-state index contributed by atoms with van der Waals surface area (Å²) in [5.74, 6) is -0.624. The highest BCUT2D eigenvalue weighted by Crippen LogP contribution is 2.32. The van der Waals surface area contributed by atoms with E-state index in [0.717, 1.165) is 12.1 Å². The number of nitrogens with one attached hydrogen (secondary N) is 1. The van der Waals surface area contributed by atoms with Gasteiger partial charge in [0, 0.05) is 12.2 Å². The summed E-state index contributed by atoms with van der Waals surface area (Å²) in [5, 5.41) is 2.85. The molecule has 0 aliphatic rings. The normalized spacial score (nSPS) is 11.5. The van der Waals surface area contributed by atoms with Crippen LogP contribution in [0.15, 0.2) is 48.5 Å². The van der Waals surface area contributed by atoms with Crippen LogP contribution in [0.25, 0.3) is 0 Å². The van der Waals surface area contributed by atoms with E-state index in [0.29, 0.717) is 84.9 Å². The number of carbonyl (C=O) groups excluding carboxylic acids is 1. The van der Waals surface area contributed by atoms with Crippen LogP contribution in [-0.2, 0) is 39.3 Å². The van der Waals surface area contributed by atoms with Gasteiger partial charge in [-0.3, -0.25) is 0 Å². The zero-order valence-corrected chi connectivity index (χ0v) is 23.0. The van der Waals surface area contributed by atoms with Gasteiger partial charge in [-0.15, -0.1) is 0 Å². The number of anilines is 2. The summed E-state index contributed by atoms with van der Waals surface area (Å²) in [6.45, 7) is 5.58. The van der Waals surface area contributed by atoms with Crippen LogP contribution in [0.3, 0.4) is 0 Å². The average molecular weight is 589 g/mol. The number of para-hydroxylation sites is 1. The molecule has 0 saturated carbocycles. The van der Waals surface area contributed by atoms with Gasteiger partial charge in [0.15, 0.2) is 0 Å². The van der Waals surface area contributed by atoms with Crippen molar-refractivity contribution in [2.24, 2.45) is 5.73 Å². The molecule has 2 aromatic rings. The topological polar surface area (TPSA) is 120 Å². The highest BCUT2D eigenvalue weighted by atomic mass is 19.4. The number of carbonyl (C=O) groups is 1. The fraction of sp³-hybridized carbons (Fsp3) is 0.536. The quantitative estimate of drug-likeness (QED) is 0.147. The molecule has 0 atom stereocenters. The fourth-order valence-electron chi connectivity index (χ4n) is 3.25. The maximum Gasteiger partial charge on any atom is 0.416 e. The standard InChI is InChI=1S/C28H39F3N2O8/c29-28(30,31)23-4-3-5-24(22-23)33-26-7-2-1-6-25(26)27(34)41-21-20-40-19-18-39-17-16-38-15-14-37-13-12-36-11-10-35-9-8-32/h1-7,22,33H,8-21,32H2. The molecule has 0 radical (unpaired) electrons. The van der Waals surface area contributed by atoms with Crippen molar-refractivity contribution in [3.8, 4) is 0 Å². The van der Waals surface area contributed by atoms with Crippen molar-refractivity contribution >= 4 is 17.3 Å². The van der Waals surface area contributed by atoms with Crippen LogP contribution in [0, 0.1) is 0 Å². The second-order valence-corrected chi connectivity index (χ2v) is 8.35. The molecule has 0 spiro atoms. The minimum Gasteiger partial charge on any atom is -0.460 e. The third-order valence-corrected chi connectivity index (χ3v) is 5.20. The Balaban J connectivity index is 1.47. The molecule has 0 unspecified atom stereocenters. The van der Waals surface area contributed by atoms with Crippen molar-refractivity contribution in [2.75, 3.05) is 97.8 Å². The first kappa shape index (κ1) is 34.4. The Labute approximate surface area is 238 Å². The van der Waals surface area contributed by atoms with Gasteiger partial charge in [-0.1, -0.05) is 18.2 Å². The summed E-state index contributed by atoms with van der Waals surface area (Å²) in [5.41, 5.74) is 5.24. The van der Waals surface area contributed by atoms with Gasteiger partial charge in [-0.2, -0.15) is 13.2 Å². The van der Waals surface area contributed by atoms with Crippen molar-refractivity contribution in [2.45, 2.75) is 6.18 Å². The molecule has 230 valence electrons. The molecule has 2 aromatic carbocycles. The lowest BCUT2D eigenvalue weighted by atomic mass is 10.1. The fourth-order valence-corrected chi connectivity index (χ4v) is 3.25. The zero-order chi connectivity index (χ0) is 29.6. The van der Waals surface area contributed by atoms with Crippen LogP contribution in [0.4, 0.5) is 24.5 Å². The molecule has 0 aliphatic heterocycles. The van der Waals surface area contributed by atoms with Crippen LogP contribution in [0.5, 0.6) is 0 Å². The van der Waals surface area contributed by atoms with E-state index in [2.05, 4.69) is 5.32 Å². The summed E-state index contributed by atoms with van der Waals surface area (Å²) < 4.78 is 76.4. The van der Waals surface area contributed by atoms with Gasteiger partial charge in [0.1, 0.15) is 6.61 Å². The number of benzene rings is 2. The van der Waals surface area contributed by atoms with Crippen LogP contribution in [-0.4, -0.2) is 98.4 Å². The van der Waals surface area contributed by atoms with E-state index in [-0.39, 0.29) is 24.5 Å². The van der Waals surface area contributed by atoms with Gasteiger partial charge in [0.2, 0.25) is 0 Å². The Kier molecular flexibility index (Phi) is 17.6. The van der Waals surface area contributed by atoms with Crippen LogP contribution < -0.4 is 11.1 Å². The first-order valence-corrected chi connectivity index (χ1v) is 13.3. The van der Waals surface area contributed by atoms with Crippen molar-refractivity contribution in [3.63, 3.8) is 0 Å². The van der Waals surface area contributed by atoms with Gasteiger partial charge < -0.3 is 44.2 Å². The molecule has 0 amide bonds. The summed E-state index contributed by atoms with van der Waals surface area (Å²) in [6.07, 6.45) is -4.47. The summed E-state index contributed by atoms with van der Waals surface area (Å²) in [4.78, 5) is 12.5. The lowest BCUT2D eigenvalue weighted by Gasteiger charge is -2.13. The molecular formula is C28H39F3N2O8. The predicted octanol–water partition coefficient (Wildman–Crippen LogP) is 3.66. The van der Waals surface area contributed by atoms with E-state index in [1.165, 1.54) is 18.2 Å². The number of hydrogen-bond donors (Lipinski definition) is 2. The number of esters is 1. The number of ether oxygens (including phenoxy) is 7. The van der Waals surface area contributed by atoms with Crippen LogP contribution in [0.1, 0.15) is 15.9 Å². The number of halogens is 3. The molecule has 10 nitrogen and oxygen atoms in total. The minimum absolute atomic E-state index is 0.00689. The van der Waals surface area contributed by atoms with Gasteiger partial charge in [-0.05, 0) is 30.3 Å². The van der Waals surface area contributed by atoms with Gasteiger partial charge in [0.05, 0.1) is 96.1 Å². The third kappa shape index (κ3) is 15.7. The largest absolute Gasteiger partial charge is 0.460 e. The predicted molar refractivity (Wildman–Crippen MR) is 145 cm³/mol. The molecule has 2 rings (SSSR count). The summed E-state index contributed by atoms with van der Waals surface area (Å²) in [6, 6.07) is 11.1. The van der Waals surface area contributed by atoms with Gasteiger partial charge in [0.25, 0.3) is 0 Å². The highest BCUT2D eigenvalue weighted by Gasteiger charge is 2.30. The lowest BCUT2D eigenvalue weighted by Crippen LogP contribution is -2.16. The Bertz CT molecular complexity index is 981. The van der Waals surface area contributed by atoms with Crippen LogP contribution >= 0.6 is 0 Å². The third-order valence-electron chi connectivity index (χ3n) is 5.20. The highest BCUT2D eigenvalue weighted by molar-refractivity contribution is 5.96. The Morgan fingerprint density at radius 3 is 1.66 bits per heavy atom. The van der Waals surface area contributed by atoms with Crippen molar-refractivity contribution < 1.29 is 51.1 Å². The average Bonchev–Trinajstić information content (AvgIpc) is 2.96. The Hall–Kier alpha value is -2.78. The van der Waals surface area contributed by atoms with Gasteiger partial charge in [-0.25, -0.2) is 4.79 Å². The monoisotopic (exact) mass is 588 g/mol. The Morgan fingerprint density at radius 2 is 1.15 bits per heavy atom. The van der Waals surface area contributed by atoms with Crippen molar-refractivity contribution in [1.82, 2.24) is 0 Å². The molecule has 0 fully saturated rings. The smallest absolute Gasteiger partial charge is 0.416 e. The van der Waals surface area contributed by atoms with E-state index in [9.17, 15) is 18.0 Å². The Morgan fingerprint density at radius 1 is 0.659 bits per heavy atom. The molecule has 0 saturated heterocycles. The number of hydrogen-bond acceptors (Lipinski definition) is 10. The number of rotatable bonds is 23. The first-order chi connectivity index (χ1) is 19.9. The second-order valence-electron chi connectivity index (χ2n) is 8.35. The van der Waals surface area contributed by atoms with E-state index in [1.807, 2.05) is 0 Å². The van der Waals surface area contributed by atoms with Crippen LogP contribution in [0.2, 0.25) is 0 Å². The molecule has 0 aliphatic carbocycles. The lowest BCUT2D eigenvalue weighted by molar-refractivity contribution is -0.137. The molecule has 0 heterocycles. The first-order valence-electron chi connectivity index (χ1n) is 13.3. The van der Waals surface area contributed by atoms with E-state index < -0.39 is 17.7 Å². The number of alkyl halides is 3. The molecular weight excluding hydrogens is 549 g/mol. The maximum atomic E-state index is 13.0. The van der Waals surface area contributed by atoms with Crippen molar-refractivity contribution in [3.05, 3.63) is 59.7 Å². The summed E-state index contributed by atoms with van der Waals surface area (Å²) in [7, 11) is 0. The molecule has 41 heavy (non-hydrogen) atoms. The number of nitrogens with two attached hydrogens (primary N) is 1. The van der Waals surface area contributed by atoms with E-state index >= 15 is 0 Å². The SMILES string of the molecule is NCCOCCOCCOCCOCCOCCOCCOC(=O)c1ccccc1Nc1cccc(C(F)(F)F)c1. The summed E-state index contributed by atoms with van der Waals surface area (Å²) >= 11 is 0. The molecule has 0 aromatic heterocycles. The maximum absolute atomic E-state index is 13.0. The molecule has 0 bridgehead atoms. The molecule has 3 N–H and O–H groups in total. The zero-order valence-electron chi connectivity index (χ0n) is 23.0. The van der Waals surface area contributed by atoms with E-state index in [1.54, 1.807) is 18.2 Å². The van der Waals surface area contributed by atoms with Crippen molar-refractivity contribution in [1.29, 1.82) is 0 Å². The van der Waals surface area contributed by atoms with E-state index in [4.69, 9.17) is 38.9 Å². The second kappa shape index (κ2) is 21.0.